The summed E-state index contributed by atoms with van der Waals surface area (Å²) in [5.41, 5.74) is -0.313. The molecule has 0 aliphatic heterocycles. The Morgan fingerprint density at radius 3 is 2.33 bits per heavy atom. The SMILES string of the molecule is O=C(CC12CC3CC(CC(O)(C3)C1)C2)NC1CCCCC1. The Kier molecular flexibility index (Phi) is 3.33. The first-order valence-electron chi connectivity index (χ1n) is 9.06. The minimum absolute atomic E-state index is 0.123. The molecule has 2 N–H and O–H groups in total. The number of hydrogen-bond donors (Lipinski definition) is 2. The van der Waals surface area contributed by atoms with Crippen molar-refractivity contribution in [1.29, 1.82) is 0 Å². The molecule has 2 unspecified atom stereocenters. The average molecular weight is 291 g/mol. The van der Waals surface area contributed by atoms with Crippen molar-refractivity contribution in [3.05, 3.63) is 0 Å². The Morgan fingerprint density at radius 1 is 1.05 bits per heavy atom. The molecule has 0 radical (unpaired) electrons. The highest BCUT2D eigenvalue weighted by atomic mass is 16.3. The number of aliphatic hydroxyl groups is 1. The number of hydrogen-bond acceptors (Lipinski definition) is 2. The first kappa shape index (κ1) is 14.0. The monoisotopic (exact) mass is 291 g/mol. The Bertz CT molecular complexity index is 413. The molecule has 0 aromatic heterocycles. The normalized spacial score (nSPS) is 45.8. The number of carbonyl (C=O) groups is 1. The fraction of sp³-hybridized carbons (Fsp3) is 0.944. The maximum atomic E-state index is 12.5. The standard InChI is InChI=1S/C18H29NO2/c20-16(19-15-4-2-1-3-5-15)11-17-7-13-6-14(8-17)10-18(21,9-13)12-17/h13-15,21H,1-12H2,(H,19,20). The second kappa shape index (κ2) is 4.97. The smallest absolute Gasteiger partial charge is 0.220 e. The Morgan fingerprint density at radius 2 is 1.71 bits per heavy atom. The van der Waals surface area contributed by atoms with Gasteiger partial charge in [-0.15, -0.1) is 0 Å². The molecule has 0 aromatic carbocycles. The first-order chi connectivity index (χ1) is 10.0. The lowest BCUT2D eigenvalue weighted by molar-refractivity contribution is -0.169. The molecule has 5 fully saturated rings. The van der Waals surface area contributed by atoms with Gasteiger partial charge in [0.2, 0.25) is 5.91 Å². The van der Waals surface area contributed by atoms with Crippen LogP contribution in [-0.2, 0) is 4.79 Å². The summed E-state index contributed by atoms with van der Waals surface area (Å²) >= 11 is 0. The maximum absolute atomic E-state index is 12.5. The minimum atomic E-state index is -0.435. The van der Waals surface area contributed by atoms with Crippen LogP contribution in [0.15, 0.2) is 0 Å². The molecule has 3 heteroatoms. The Balaban J connectivity index is 1.40. The first-order valence-corrected chi connectivity index (χ1v) is 9.06. The van der Waals surface area contributed by atoms with Gasteiger partial charge in [0.05, 0.1) is 5.60 Å². The zero-order chi connectivity index (χ0) is 14.5. The van der Waals surface area contributed by atoms with Crippen molar-refractivity contribution >= 4 is 5.91 Å². The van der Waals surface area contributed by atoms with E-state index in [9.17, 15) is 9.90 Å². The number of carbonyl (C=O) groups excluding carboxylic acids is 1. The third-order valence-electron chi connectivity index (χ3n) is 6.66. The molecule has 5 rings (SSSR count). The van der Waals surface area contributed by atoms with Gasteiger partial charge >= 0.3 is 0 Å². The van der Waals surface area contributed by atoms with Crippen molar-refractivity contribution in [2.24, 2.45) is 17.3 Å². The molecule has 1 amide bonds. The summed E-state index contributed by atoms with van der Waals surface area (Å²) in [5, 5.41) is 14.1. The summed E-state index contributed by atoms with van der Waals surface area (Å²) in [5.74, 6) is 1.62. The van der Waals surface area contributed by atoms with E-state index in [1.54, 1.807) is 0 Å². The highest BCUT2D eigenvalue weighted by Crippen LogP contribution is 2.62. The van der Waals surface area contributed by atoms with Gasteiger partial charge in [-0.3, -0.25) is 4.79 Å². The van der Waals surface area contributed by atoms with E-state index in [0.29, 0.717) is 24.3 Å². The van der Waals surface area contributed by atoms with Crippen LogP contribution in [0.5, 0.6) is 0 Å². The lowest BCUT2D eigenvalue weighted by Gasteiger charge is -2.60. The van der Waals surface area contributed by atoms with E-state index in [1.165, 1.54) is 38.5 Å². The van der Waals surface area contributed by atoms with Crippen molar-refractivity contribution in [3.8, 4) is 0 Å². The van der Waals surface area contributed by atoms with Crippen LogP contribution in [0, 0.1) is 17.3 Å². The van der Waals surface area contributed by atoms with E-state index < -0.39 is 5.60 Å². The third-order valence-corrected chi connectivity index (χ3v) is 6.66. The van der Waals surface area contributed by atoms with Gasteiger partial charge in [0, 0.05) is 12.5 Å². The van der Waals surface area contributed by atoms with Crippen LogP contribution in [0.3, 0.4) is 0 Å². The third kappa shape index (κ3) is 2.74. The quantitative estimate of drug-likeness (QED) is 0.839. The predicted molar refractivity (Wildman–Crippen MR) is 81.7 cm³/mol. The maximum Gasteiger partial charge on any atom is 0.220 e. The van der Waals surface area contributed by atoms with Crippen LogP contribution in [0.2, 0.25) is 0 Å². The topological polar surface area (TPSA) is 49.3 Å². The van der Waals surface area contributed by atoms with E-state index in [-0.39, 0.29) is 11.3 Å². The summed E-state index contributed by atoms with van der Waals surface area (Å²) in [6, 6.07) is 0.420. The predicted octanol–water partition coefficient (Wildman–Crippen LogP) is 3.16. The van der Waals surface area contributed by atoms with Crippen LogP contribution < -0.4 is 5.32 Å². The molecule has 3 nitrogen and oxygen atoms in total. The second-order valence-electron chi connectivity index (χ2n) is 8.76. The van der Waals surface area contributed by atoms with Gasteiger partial charge in [-0.05, 0) is 68.6 Å². The Labute approximate surface area is 127 Å². The summed E-state index contributed by atoms with van der Waals surface area (Å²) in [6.45, 7) is 0. The molecule has 2 atom stereocenters. The molecule has 0 spiro atoms. The summed E-state index contributed by atoms with van der Waals surface area (Å²) in [6.07, 6.45) is 13.4. The molecule has 5 aliphatic carbocycles. The summed E-state index contributed by atoms with van der Waals surface area (Å²) in [4.78, 5) is 12.5. The minimum Gasteiger partial charge on any atom is -0.390 e. The van der Waals surface area contributed by atoms with Crippen molar-refractivity contribution in [1.82, 2.24) is 5.32 Å². The summed E-state index contributed by atoms with van der Waals surface area (Å²) < 4.78 is 0. The molecule has 21 heavy (non-hydrogen) atoms. The van der Waals surface area contributed by atoms with Crippen molar-refractivity contribution in [3.63, 3.8) is 0 Å². The van der Waals surface area contributed by atoms with E-state index in [4.69, 9.17) is 0 Å². The van der Waals surface area contributed by atoms with Gasteiger partial charge in [-0.1, -0.05) is 19.3 Å². The molecule has 5 aliphatic rings. The average Bonchev–Trinajstić information content (AvgIpc) is 2.35. The number of rotatable bonds is 3. The fourth-order valence-corrected chi connectivity index (χ4v) is 6.47. The van der Waals surface area contributed by atoms with Crippen LogP contribution in [-0.4, -0.2) is 22.7 Å². The molecule has 0 heterocycles. The van der Waals surface area contributed by atoms with Crippen molar-refractivity contribution < 1.29 is 9.90 Å². The lowest BCUT2D eigenvalue weighted by Crippen LogP contribution is -2.56. The van der Waals surface area contributed by atoms with Crippen LogP contribution in [0.25, 0.3) is 0 Å². The van der Waals surface area contributed by atoms with Gasteiger partial charge in [-0.2, -0.15) is 0 Å². The van der Waals surface area contributed by atoms with E-state index in [0.717, 1.165) is 32.1 Å². The lowest BCUT2D eigenvalue weighted by atomic mass is 9.47. The zero-order valence-corrected chi connectivity index (χ0v) is 13.1. The molecule has 5 saturated carbocycles. The van der Waals surface area contributed by atoms with Crippen LogP contribution in [0.1, 0.15) is 77.0 Å². The highest BCUT2D eigenvalue weighted by molar-refractivity contribution is 5.77. The molecule has 0 aromatic rings. The van der Waals surface area contributed by atoms with Crippen LogP contribution >= 0.6 is 0 Å². The van der Waals surface area contributed by atoms with Gasteiger partial charge in [0.1, 0.15) is 0 Å². The molecular weight excluding hydrogens is 262 g/mol. The molecule has 4 bridgehead atoms. The van der Waals surface area contributed by atoms with Gasteiger partial charge in [-0.25, -0.2) is 0 Å². The van der Waals surface area contributed by atoms with Gasteiger partial charge in [0.15, 0.2) is 0 Å². The van der Waals surface area contributed by atoms with Crippen molar-refractivity contribution in [2.45, 2.75) is 88.7 Å². The molecule has 118 valence electrons. The van der Waals surface area contributed by atoms with Crippen molar-refractivity contribution in [2.75, 3.05) is 0 Å². The number of amides is 1. The molecule has 0 saturated heterocycles. The largest absolute Gasteiger partial charge is 0.390 e. The zero-order valence-electron chi connectivity index (χ0n) is 13.1. The Hall–Kier alpha value is -0.570. The van der Waals surface area contributed by atoms with E-state index in [2.05, 4.69) is 5.32 Å². The van der Waals surface area contributed by atoms with Gasteiger partial charge < -0.3 is 10.4 Å². The second-order valence-corrected chi connectivity index (χ2v) is 8.76. The number of nitrogens with one attached hydrogen (secondary N) is 1. The van der Waals surface area contributed by atoms with Gasteiger partial charge in [0.25, 0.3) is 0 Å². The molecular formula is C18H29NO2. The fourth-order valence-electron chi connectivity index (χ4n) is 6.47. The van der Waals surface area contributed by atoms with E-state index >= 15 is 0 Å². The highest BCUT2D eigenvalue weighted by Gasteiger charge is 2.57. The van der Waals surface area contributed by atoms with E-state index in [1.807, 2.05) is 0 Å². The van der Waals surface area contributed by atoms with Crippen LogP contribution in [0.4, 0.5) is 0 Å². The summed E-state index contributed by atoms with van der Waals surface area (Å²) in [7, 11) is 0.